The number of nitrogens with one attached hydrogen (secondary N) is 3. The van der Waals surface area contributed by atoms with Crippen LogP contribution in [0.25, 0.3) is 0 Å². The first-order valence-corrected chi connectivity index (χ1v) is 9.69. The van der Waals surface area contributed by atoms with Gasteiger partial charge in [-0.15, -0.1) is 0 Å². The average Bonchev–Trinajstić information content (AvgIpc) is 2.63. The summed E-state index contributed by atoms with van der Waals surface area (Å²) in [6, 6.07) is -4.30. The van der Waals surface area contributed by atoms with Gasteiger partial charge < -0.3 is 37.6 Å². The first-order chi connectivity index (χ1) is 13.4. The zero-order valence-corrected chi connectivity index (χ0v) is 17.5. The van der Waals surface area contributed by atoms with Crippen molar-refractivity contribution >= 4 is 23.7 Å². The van der Waals surface area contributed by atoms with Gasteiger partial charge in [0.2, 0.25) is 17.7 Å². The largest absolute Gasteiger partial charge is 0.480 e. The fourth-order valence-electron chi connectivity index (χ4n) is 2.38. The summed E-state index contributed by atoms with van der Waals surface area (Å²) in [5.74, 6) is -3.39. The van der Waals surface area contributed by atoms with Gasteiger partial charge in [0.15, 0.2) is 6.04 Å². The molecule has 5 atom stereocenters. The summed E-state index contributed by atoms with van der Waals surface area (Å²) in [5, 5.41) is 25.7. The molecule has 0 aromatic carbocycles. The van der Waals surface area contributed by atoms with Crippen molar-refractivity contribution in [1.82, 2.24) is 16.0 Å². The molecule has 0 spiro atoms. The third kappa shape index (κ3) is 9.68. The lowest BCUT2D eigenvalue weighted by Crippen LogP contribution is -2.57. The SMILES string of the molecule is CC(NC(=O)C(CCCCN)NC(=O)C(N)C(C)C)C(=O)NC(C(=O)O)C(C)O. The average molecular weight is 418 g/mol. The zero-order chi connectivity index (χ0) is 22.7. The Hall–Kier alpha value is -2.24. The van der Waals surface area contributed by atoms with E-state index in [4.69, 9.17) is 16.6 Å². The molecule has 0 rings (SSSR count). The first kappa shape index (κ1) is 26.8. The third-order valence-corrected chi connectivity index (χ3v) is 4.40. The second kappa shape index (κ2) is 13.1. The van der Waals surface area contributed by atoms with Gasteiger partial charge in [-0.25, -0.2) is 4.79 Å². The predicted molar refractivity (Wildman–Crippen MR) is 107 cm³/mol. The van der Waals surface area contributed by atoms with Crippen LogP contribution < -0.4 is 27.4 Å². The normalized spacial score (nSPS) is 16.3. The zero-order valence-electron chi connectivity index (χ0n) is 17.5. The molecule has 0 radical (unpaired) electrons. The molecule has 0 saturated carbocycles. The summed E-state index contributed by atoms with van der Waals surface area (Å²) >= 11 is 0. The van der Waals surface area contributed by atoms with Crippen LogP contribution in [0.4, 0.5) is 0 Å². The molecule has 0 fully saturated rings. The molecular formula is C18H35N5O6. The van der Waals surface area contributed by atoms with E-state index in [2.05, 4.69) is 16.0 Å². The molecule has 0 heterocycles. The summed E-state index contributed by atoms with van der Waals surface area (Å²) in [6.45, 7) is 6.58. The van der Waals surface area contributed by atoms with Crippen LogP contribution >= 0.6 is 0 Å². The van der Waals surface area contributed by atoms with E-state index >= 15 is 0 Å². The highest BCUT2D eigenvalue weighted by molar-refractivity contribution is 5.94. The maximum atomic E-state index is 12.6. The molecule has 0 bridgehead atoms. The van der Waals surface area contributed by atoms with Gasteiger partial charge in [0.1, 0.15) is 12.1 Å². The summed E-state index contributed by atoms with van der Waals surface area (Å²) < 4.78 is 0. The van der Waals surface area contributed by atoms with Crippen molar-refractivity contribution in [2.75, 3.05) is 6.54 Å². The Labute approximate surface area is 171 Å². The van der Waals surface area contributed by atoms with Crippen LogP contribution in [0.15, 0.2) is 0 Å². The standard InChI is InChI=1S/C18H35N5O6/c1-9(2)13(20)17(27)22-12(7-5-6-8-19)16(26)21-10(3)15(25)23-14(11(4)24)18(28)29/h9-14,24H,5-8,19-20H2,1-4H3,(H,21,26)(H,22,27)(H,23,25)(H,28,29). The van der Waals surface area contributed by atoms with Crippen molar-refractivity contribution in [2.24, 2.45) is 17.4 Å². The lowest BCUT2D eigenvalue weighted by atomic mass is 10.0. The van der Waals surface area contributed by atoms with Crippen LogP contribution in [0.3, 0.4) is 0 Å². The molecule has 11 heteroatoms. The molecule has 0 aromatic heterocycles. The van der Waals surface area contributed by atoms with Crippen LogP contribution in [0, 0.1) is 5.92 Å². The van der Waals surface area contributed by atoms with Gasteiger partial charge in [-0.05, 0) is 45.6 Å². The van der Waals surface area contributed by atoms with Gasteiger partial charge in [-0.3, -0.25) is 14.4 Å². The highest BCUT2D eigenvalue weighted by atomic mass is 16.4. The number of hydrogen-bond acceptors (Lipinski definition) is 7. The lowest BCUT2D eigenvalue weighted by molar-refractivity contribution is -0.145. The molecule has 5 unspecified atom stereocenters. The second-order valence-corrected chi connectivity index (χ2v) is 7.41. The Balaban J connectivity index is 5.06. The monoisotopic (exact) mass is 417 g/mol. The number of unbranched alkanes of at least 4 members (excludes halogenated alkanes) is 1. The Morgan fingerprint density at radius 1 is 0.897 bits per heavy atom. The molecule has 0 aromatic rings. The van der Waals surface area contributed by atoms with E-state index in [1.54, 1.807) is 13.8 Å². The number of aliphatic hydroxyl groups is 1. The lowest BCUT2D eigenvalue weighted by Gasteiger charge is -2.24. The van der Waals surface area contributed by atoms with Crippen LogP contribution in [-0.4, -0.2) is 70.7 Å². The first-order valence-electron chi connectivity index (χ1n) is 9.69. The number of carboxylic acids is 1. The summed E-state index contributed by atoms with van der Waals surface area (Å²) in [7, 11) is 0. The van der Waals surface area contributed by atoms with E-state index in [0.29, 0.717) is 25.8 Å². The number of amides is 3. The Bertz CT molecular complexity index is 569. The minimum atomic E-state index is -1.51. The van der Waals surface area contributed by atoms with Gasteiger partial charge in [0.05, 0.1) is 12.1 Å². The van der Waals surface area contributed by atoms with E-state index in [-0.39, 0.29) is 5.92 Å². The van der Waals surface area contributed by atoms with E-state index in [9.17, 15) is 24.3 Å². The Morgan fingerprint density at radius 2 is 1.48 bits per heavy atom. The molecule has 0 aliphatic heterocycles. The molecular weight excluding hydrogens is 382 g/mol. The van der Waals surface area contributed by atoms with Crippen LogP contribution in [0.5, 0.6) is 0 Å². The summed E-state index contributed by atoms with van der Waals surface area (Å²) in [5.41, 5.74) is 11.3. The molecule has 9 N–H and O–H groups in total. The maximum absolute atomic E-state index is 12.6. The Morgan fingerprint density at radius 3 is 1.93 bits per heavy atom. The fourth-order valence-corrected chi connectivity index (χ4v) is 2.38. The van der Waals surface area contributed by atoms with Crippen molar-refractivity contribution < 1.29 is 29.4 Å². The summed E-state index contributed by atoms with van der Waals surface area (Å²) in [6.07, 6.45) is 0.218. The number of carbonyl (C=O) groups is 4. The maximum Gasteiger partial charge on any atom is 0.328 e. The molecule has 168 valence electrons. The van der Waals surface area contributed by atoms with Crippen LogP contribution in [0.1, 0.15) is 47.0 Å². The third-order valence-electron chi connectivity index (χ3n) is 4.40. The molecule has 3 amide bonds. The predicted octanol–water partition coefficient (Wildman–Crippen LogP) is -1.96. The van der Waals surface area contributed by atoms with Crippen LogP contribution in [-0.2, 0) is 19.2 Å². The van der Waals surface area contributed by atoms with Crippen molar-refractivity contribution in [3.05, 3.63) is 0 Å². The van der Waals surface area contributed by atoms with E-state index in [1.807, 2.05) is 0 Å². The van der Waals surface area contributed by atoms with Crippen molar-refractivity contribution in [2.45, 2.75) is 77.2 Å². The van der Waals surface area contributed by atoms with Crippen molar-refractivity contribution in [3.63, 3.8) is 0 Å². The van der Waals surface area contributed by atoms with Gasteiger partial charge >= 0.3 is 5.97 Å². The summed E-state index contributed by atoms with van der Waals surface area (Å²) in [4.78, 5) is 48.1. The van der Waals surface area contributed by atoms with Gasteiger partial charge in [0, 0.05) is 0 Å². The minimum absolute atomic E-state index is 0.124. The molecule has 0 aliphatic carbocycles. The highest BCUT2D eigenvalue weighted by Gasteiger charge is 2.30. The quantitative estimate of drug-likeness (QED) is 0.168. The van der Waals surface area contributed by atoms with Gasteiger partial charge in [-0.1, -0.05) is 13.8 Å². The molecule has 0 aliphatic rings. The van der Waals surface area contributed by atoms with E-state index in [0.717, 1.165) is 0 Å². The number of hydrogen-bond donors (Lipinski definition) is 7. The van der Waals surface area contributed by atoms with Crippen molar-refractivity contribution in [1.29, 1.82) is 0 Å². The van der Waals surface area contributed by atoms with Gasteiger partial charge in [-0.2, -0.15) is 0 Å². The number of aliphatic carboxylic acids is 1. The van der Waals surface area contributed by atoms with E-state index in [1.165, 1.54) is 13.8 Å². The number of aliphatic hydroxyl groups excluding tert-OH is 1. The van der Waals surface area contributed by atoms with Crippen LogP contribution in [0.2, 0.25) is 0 Å². The number of nitrogens with two attached hydrogens (primary N) is 2. The number of carboxylic acid groups (broad SMARTS) is 1. The Kier molecular flexibility index (Phi) is 12.1. The number of rotatable bonds is 13. The minimum Gasteiger partial charge on any atom is -0.480 e. The van der Waals surface area contributed by atoms with E-state index < -0.39 is 54.0 Å². The fraction of sp³-hybridized carbons (Fsp3) is 0.778. The highest BCUT2D eigenvalue weighted by Crippen LogP contribution is 2.05. The molecule has 11 nitrogen and oxygen atoms in total. The van der Waals surface area contributed by atoms with Gasteiger partial charge in [0.25, 0.3) is 0 Å². The topological polar surface area (TPSA) is 197 Å². The smallest absolute Gasteiger partial charge is 0.328 e. The molecule has 29 heavy (non-hydrogen) atoms. The van der Waals surface area contributed by atoms with Crippen molar-refractivity contribution in [3.8, 4) is 0 Å². The number of carbonyl (C=O) groups excluding carboxylic acids is 3. The molecule has 0 saturated heterocycles. The second-order valence-electron chi connectivity index (χ2n) is 7.41.